The molecule has 0 bridgehead atoms. The van der Waals surface area contributed by atoms with Crippen LogP contribution in [0.2, 0.25) is 10.2 Å². The highest BCUT2D eigenvalue weighted by atomic mass is 35.5. The van der Waals surface area contributed by atoms with Gasteiger partial charge in [-0.25, -0.2) is 4.98 Å². The standard InChI is InChI=1S/C6H4Cl2N4/c7-5-1-6(8)10-2-4(5)3-11-12-9/h1-2H,3H2. The topological polar surface area (TPSA) is 61.7 Å². The maximum absolute atomic E-state index is 8.04. The van der Waals surface area contributed by atoms with Crippen LogP contribution < -0.4 is 0 Å². The van der Waals surface area contributed by atoms with Gasteiger partial charge in [-0.3, -0.25) is 0 Å². The Morgan fingerprint density at radius 1 is 1.58 bits per heavy atom. The van der Waals surface area contributed by atoms with Crippen LogP contribution in [0, 0.1) is 0 Å². The molecule has 0 saturated heterocycles. The second kappa shape index (κ2) is 4.16. The molecule has 0 aliphatic heterocycles. The molecule has 1 aromatic rings. The Hall–Kier alpha value is -0.960. The number of azide groups is 1. The van der Waals surface area contributed by atoms with Crippen LogP contribution in [0.5, 0.6) is 0 Å². The lowest BCUT2D eigenvalue weighted by Gasteiger charge is -1.98. The Balaban J connectivity index is 2.93. The summed E-state index contributed by atoms with van der Waals surface area (Å²) in [6, 6.07) is 1.51. The summed E-state index contributed by atoms with van der Waals surface area (Å²) in [6.07, 6.45) is 1.49. The Labute approximate surface area is 78.8 Å². The Morgan fingerprint density at radius 2 is 2.33 bits per heavy atom. The van der Waals surface area contributed by atoms with Crippen LogP contribution in [-0.4, -0.2) is 4.98 Å². The van der Waals surface area contributed by atoms with E-state index in [1.807, 2.05) is 0 Å². The summed E-state index contributed by atoms with van der Waals surface area (Å²) in [4.78, 5) is 6.39. The van der Waals surface area contributed by atoms with E-state index in [9.17, 15) is 0 Å². The molecule has 12 heavy (non-hydrogen) atoms. The average molecular weight is 203 g/mol. The molecule has 0 unspecified atom stereocenters. The first-order valence-corrected chi connectivity index (χ1v) is 3.80. The van der Waals surface area contributed by atoms with Gasteiger partial charge in [0.05, 0.1) is 6.54 Å². The molecule has 1 aromatic heterocycles. The Bertz CT molecular complexity index is 332. The van der Waals surface area contributed by atoms with E-state index < -0.39 is 0 Å². The lowest BCUT2D eigenvalue weighted by atomic mass is 10.3. The molecule has 0 amide bonds. The minimum absolute atomic E-state index is 0.194. The first-order valence-electron chi connectivity index (χ1n) is 3.05. The first kappa shape index (κ1) is 9.13. The summed E-state index contributed by atoms with van der Waals surface area (Å²) in [6.45, 7) is 0.194. The molecule has 0 fully saturated rings. The van der Waals surface area contributed by atoms with Crippen molar-refractivity contribution in [3.8, 4) is 0 Å². The highest BCUT2D eigenvalue weighted by molar-refractivity contribution is 6.34. The number of aromatic nitrogens is 1. The zero-order valence-corrected chi connectivity index (χ0v) is 7.42. The van der Waals surface area contributed by atoms with Gasteiger partial charge in [-0.15, -0.1) is 0 Å². The largest absolute Gasteiger partial charge is 0.244 e. The Kier molecular flexibility index (Phi) is 3.17. The summed E-state index contributed by atoms with van der Waals surface area (Å²) < 4.78 is 0. The highest BCUT2D eigenvalue weighted by Gasteiger charge is 1.99. The molecular weight excluding hydrogens is 199 g/mol. The normalized spacial score (nSPS) is 9.17. The molecule has 4 nitrogen and oxygen atoms in total. The van der Waals surface area contributed by atoms with Crippen molar-refractivity contribution in [1.29, 1.82) is 0 Å². The van der Waals surface area contributed by atoms with Gasteiger partial charge >= 0.3 is 0 Å². The van der Waals surface area contributed by atoms with Crippen molar-refractivity contribution < 1.29 is 0 Å². The lowest BCUT2D eigenvalue weighted by Crippen LogP contribution is -1.84. The van der Waals surface area contributed by atoms with Gasteiger partial charge in [-0.1, -0.05) is 28.3 Å². The predicted molar refractivity (Wildman–Crippen MR) is 47.1 cm³/mol. The van der Waals surface area contributed by atoms with Gasteiger partial charge in [0.1, 0.15) is 5.15 Å². The van der Waals surface area contributed by atoms with Gasteiger partial charge in [-0.2, -0.15) is 0 Å². The van der Waals surface area contributed by atoms with Crippen molar-refractivity contribution in [2.45, 2.75) is 6.54 Å². The molecule has 1 heterocycles. The lowest BCUT2D eigenvalue weighted by molar-refractivity contribution is 1.03. The molecule has 0 aliphatic carbocycles. The van der Waals surface area contributed by atoms with E-state index in [1.165, 1.54) is 12.3 Å². The van der Waals surface area contributed by atoms with Crippen molar-refractivity contribution in [2.75, 3.05) is 0 Å². The van der Waals surface area contributed by atoms with E-state index in [2.05, 4.69) is 15.0 Å². The van der Waals surface area contributed by atoms with Crippen molar-refractivity contribution in [3.63, 3.8) is 0 Å². The Morgan fingerprint density at radius 3 is 2.92 bits per heavy atom. The van der Waals surface area contributed by atoms with Crippen LogP contribution in [0.25, 0.3) is 10.4 Å². The second-order valence-electron chi connectivity index (χ2n) is 1.99. The average Bonchev–Trinajstić information content (AvgIpc) is 2.03. The van der Waals surface area contributed by atoms with Gasteiger partial charge in [0.15, 0.2) is 0 Å². The fraction of sp³-hybridized carbons (Fsp3) is 0.167. The zero-order chi connectivity index (χ0) is 8.97. The highest BCUT2D eigenvalue weighted by Crippen LogP contribution is 2.18. The predicted octanol–water partition coefficient (Wildman–Crippen LogP) is 3.20. The first-order chi connectivity index (χ1) is 5.74. The molecule has 1 rings (SSSR count). The van der Waals surface area contributed by atoms with Crippen LogP contribution in [0.15, 0.2) is 17.4 Å². The van der Waals surface area contributed by atoms with Crippen LogP contribution in [0.3, 0.4) is 0 Å². The molecule has 62 valence electrons. The molecule has 0 radical (unpaired) electrons. The molecule has 0 atom stereocenters. The molecular formula is C6H4Cl2N4. The summed E-state index contributed by atoms with van der Waals surface area (Å²) in [5.41, 5.74) is 8.71. The molecule has 0 aromatic carbocycles. The fourth-order valence-corrected chi connectivity index (χ4v) is 1.09. The minimum Gasteiger partial charge on any atom is -0.244 e. The minimum atomic E-state index is 0.194. The van der Waals surface area contributed by atoms with Crippen LogP contribution >= 0.6 is 23.2 Å². The molecule has 0 saturated carbocycles. The molecule has 0 aliphatic rings. The van der Waals surface area contributed by atoms with E-state index in [1.54, 1.807) is 0 Å². The number of pyridine rings is 1. The summed E-state index contributed by atoms with van der Waals surface area (Å²) in [5, 5.41) is 4.13. The van der Waals surface area contributed by atoms with Gasteiger partial charge in [0.2, 0.25) is 0 Å². The summed E-state index contributed by atoms with van der Waals surface area (Å²) in [5.74, 6) is 0. The van der Waals surface area contributed by atoms with E-state index >= 15 is 0 Å². The van der Waals surface area contributed by atoms with Crippen molar-refractivity contribution in [2.24, 2.45) is 5.11 Å². The van der Waals surface area contributed by atoms with Crippen molar-refractivity contribution in [1.82, 2.24) is 4.98 Å². The number of hydrogen-bond donors (Lipinski definition) is 0. The second-order valence-corrected chi connectivity index (χ2v) is 2.78. The van der Waals surface area contributed by atoms with E-state index in [4.69, 9.17) is 28.7 Å². The third-order valence-corrected chi connectivity index (χ3v) is 1.76. The number of hydrogen-bond acceptors (Lipinski definition) is 2. The maximum Gasteiger partial charge on any atom is 0.130 e. The van der Waals surface area contributed by atoms with Crippen LogP contribution in [0.1, 0.15) is 5.56 Å². The number of nitrogens with zero attached hydrogens (tertiary/aromatic N) is 4. The number of halogens is 2. The molecule has 0 spiro atoms. The molecule has 6 heteroatoms. The fourth-order valence-electron chi connectivity index (χ4n) is 0.660. The maximum atomic E-state index is 8.04. The van der Waals surface area contributed by atoms with E-state index in [0.29, 0.717) is 15.7 Å². The van der Waals surface area contributed by atoms with E-state index in [0.717, 1.165) is 0 Å². The van der Waals surface area contributed by atoms with Gasteiger partial charge in [-0.05, 0) is 17.2 Å². The van der Waals surface area contributed by atoms with Crippen molar-refractivity contribution in [3.05, 3.63) is 38.4 Å². The third kappa shape index (κ3) is 2.27. The molecule has 0 N–H and O–H groups in total. The SMILES string of the molecule is [N-]=[N+]=NCc1cnc(Cl)cc1Cl. The number of rotatable bonds is 2. The third-order valence-electron chi connectivity index (χ3n) is 1.20. The van der Waals surface area contributed by atoms with Crippen molar-refractivity contribution >= 4 is 23.2 Å². The van der Waals surface area contributed by atoms with Crippen LogP contribution in [-0.2, 0) is 6.54 Å². The van der Waals surface area contributed by atoms with Gasteiger partial charge in [0.25, 0.3) is 0 Å². The van der Waals surface area contributed by atoms with Gasteiger partial charge < -0.3 is 0 Å². The van der Waals surface area contributed by atoms with Gasteiger partial charge in [0, 0.05) is 16.1 Å². The summed E-state index contributed by atoms with van der Waals surface area (Å²) in [7, 11) is 0. The van der Waals surface area contributed by atoms with E-state index in [-0.39, 0.29) is 6.54 Å². The van der Waals surface area contributed by atoms with Crippen LogP contribution in [0.4, 0.5) is 0 Å². The summed E-state index contributed by atoms with van der Waals surface area (Å²) >= 11 is 11.3. The quantitative estimate of drug-likeness (QED) is 0.315. The zero-order valence-electron chi connectivity index (χ0n) is 5.91. The smallest absolute Gasteiger partial charge is 0.130 e. The monoisotopic (exact) mass is 202 g/mol.